The molecule has 0 aromatic heterocycles. The second-order valence-corrected chi connectivity index (χ2v) is 4.53. The first-order valence-electron chi connectivity index (χ1n) is 5.01. The van der Waals surface area contributed by atoms with Crippen LogP contribution in [0.2, 0.25) is 0 Å². The van der Waals surface area contributed by atoms with E-state index >= 15 is 0 Å². The molecule has 0 bridgehead atoms. The smallest absolute Gasteiger partial charge is 0.163 e. The lowest BCUT2D eigenvalue weighted by atomic mass is 10.0. The Balaban J connectivity index is 2.44. The summed E-state index contributed by atoms with van der Waals surface area (Å²) in [7, 11) is 0. The van der Waals surface area contributed by atoms with Crippen molar-refractivity contribution >= 4 is 17.5 Å². The van der Waals surface area contributed by atoms with E-state index in [0.29, 0.717) is 5.78 Å². The number of aryl methyl sites for hydroxylation is 1. The Bertz CT molecular complexity index is 357. The summed E-state index contributed by atoms with van der Waals surface area (Å²) in [6.07, 6.45) is 6.03. The van der Waals surface area contributed by atoms with Crippen molar-refractivity contribution in [1.82, 2.24) is 0 Å². The Morgan fingerprint density at radius 1 is 1.21 bits per heavy atom. The van der Waals surface area contributed by atoms with Crippen molar-refractivity contribution in [2.24, 2.45) is 0 Å². The van der Waals surface area contributed by atoms with Gasteiger partial charge < -0.3 is 0 Å². The molecule has 0 unspecified atom stereocenters. The Morgan fingerprint density at radius 3 is 2.79 bits per heavy atom. The van der Waals surface area contributed by atoms with Crippen molar-refractivity contribution in [2.75, 3.05) is 6.26 Å². The van der Waals surface area contributed by atoms with Gasteiger partial charge in [-0.3, -0.25) is 4.79 Å². The van der Waals surface area contributed by atoms with Crippen LogP contribution in [0.5, 0.6) is 0 Å². The molecule has 0 spiro atoms. The second-order valence-electron chi connectivity index (χ2n) is 3.65. The molecule has 0 fully saturated rings. The van der Waals surface area contributed by atoms with Gasteiger partial charge in [0.2, 0.25) is 0 Å². The number of Topliss-reactive ketones (excluding diaryl/α,β-unsaturated/α-hetero) is 1. The normalized spacial score (nSPS) is 16.2. The van der Waals surface area contributed by atoms with E-state index < -0.39 is 0 Å². The monoisotopic (exact) mass is 206 g/mol. The van der Waals surface area contributed by atoms with E-state index in [1.54, 1.807) is 11.8 Å². The van der Waals surface area contributed by atoms with Gasteiger partial charge in [0.05, 0.1) is 0 Å². The average Bonchev–Trinajstić information content (AvgIpc) is 2.40. The third-order valence-electron chi connectivity index (χ3n) is 2.72. The third kappa shape index (κ3) is 1.85. The summed E-state index contributed by atoms with van der Waals surface area (Å²) in [5.74, 6) is 0.327. The van der Waals surface area contributed by atoms with E-state index in [0.717, 1.165) is 31.2 Å². The first-order chi connectivity index (χ1) is 6.81. The SMILES string of the molecule is CSc1ccc2c(c1)C(=O)CCCC2. The summed E-state index contributed by atoms with van der Waals surface area (Å²) < 4.78 is 0. The van der Waals surface area contributed by atoms with Crippen molar-refractivity contribution in [2.45, 2.75) is 30.6 Å². The van der Waals surface area contributed by atoms with Crippen molar-refractivity contribution in [3.63, 3.8) is 0 Å². The van der Waals surface area contributed by atoms with Crippen LogP contribution in [-0.2, 0) is 6.42 Å². The lowest BCUT2D eigenvalue weighted by Gasteiger charge is -2.05. The molecule has 0 aliphatic heterocycles. The Hall–Kier alpha value is -0.760. The number of fused-ring (bicyclic) bond motifs is 1. The van der Waals surface area contributed by atoms with Crippen LogP contribution < -0.4 is 0 Å². The van der Waals surface area contributed by atoms with Crippen LogP contribution in [0, 0.1) is 0 Å². The average molecular weight is 206 g/mol. The van der Waals surface area contributed by atoms with Gasteiger partial charge in [-0.2, -0.15) is 0 Å². The van der Waals surface area contributed by atoms with Gasteiger partial charge in [-0.1, -0.05) is 6.07 Å². The predicted molar refractivity (Wildman–Crippen MR) is 60.1 cm³/mol. The van der Waals surface area contributed by atoms with Crippen molar-refractivity contribution < 1.29 is 4.79 Å². The number of hydrogen-bond donors (Lipinski definition) is 0. The van der Waals surface area contributed by atoms with Crippen molar-refractivity contribution in [1.29, 1.82) is 0 Å². The topological polar surface area (TPSA) is 17.1 Å². The molecule has 74 valence electrons. The zero-order chi connectivity index (χ0) is 9.97. The summed E-state index contributed by atoms with van der Waals surface area (Å²) >= 11 is 1.70. The number of hydrogen-bond acceptors (Lipinski definition) is 2. The van der Waals surface area contributed by atoms with Gasteiger partial charge in [0.15, 0.2) is 5.78 Å². The van der Waals surface area contributed by atoms with Crippen LogP contribution in [-0.4, -0.2) is 12.0 Å². The maximum Gasteiger partial charge on any atom is 0.163 e. The summed E-state index contributed by atoms with van der Waals surface area (Å²) in [5.41, 5.74) is 2.21. The molecule has 0 N–H and O–H groups in total. The molecule has 0 amide bonds. The fraction of sp³-hybridized carbons (Fsp3) is 0.417. The van der Waals surface area contributed by atoms with Crippen LogP contribution in [0.15, 0.2) is 23.1 Å². The molecule has 0 radical (unpaired) electrons. The van der Waals surface area contributed by atoms with Crippen LogP contribution >= 0.6 is 11.8 Å². The molecule has 0 saturated carbocycles. The molecule has 2 heteroatoms. The molecule has 0 saturated heterocycles. The fourth-order valence-electron chi connectivity index (χ4n) is 1.90. The molecular weight excluding hydrogens is 192 g/mol. The second kappa shape index (κ2) is 4.18. The highest BCUT2D eigenvalue weighted by atomic mass is 32.2. The number of carbonyl (C=O) groups is 1. The van der Waals surface area contributed by atoms with E-state index in [1.165, 1.54) is 10.5 Å². The van der Waals surface area contributed by atoms with Crippen LogP contribution in [0.4, 0.5) is 0 Å². The minimum absolute atomic E-state index is 0.327. The maximum atomic E-state index is 11.8. The molecule has 1 aliphatic carbocycles. The van der Waals surface area contributed by atoms with Gasteiger partial charge in [0, 0.05) is 16.9 Å². The first-order valence-corrected chi connectivity index (χ1v) is 6.24. The molecule has 1 aliphatic rings. The van der Waals surface area contributed by atoms with E-state index in [2.05, 4.69) is 12.1 Å². The van der Waals surface area contributed by atoms with E-state index in [-0.39, 0.29) is 0 Å². The maximum absolute atomic E-state index is 11.8. The lowest BCUT2D eigenvalue weighted by Crippen LogP contribution is -1.99. The summed E-state index contributed by atoms with van der Waals surface area (Å²) in [6, 6.07) is 6.28. The zero-order valence-corrected chi connectivity index (χ0v) is 9.19. The minimum atomic E-state index is 0.327. The molecule has 1 nitrogen and oxygen atoms in total. The molecule has 1 aromatic carbocycles. The van der Waals surface area contributed by atoms with Crippen molar-refractivity contribution in [3.05, 3.63) is 29.3 Å². The minimum Gasteiger partial charge on any atom is -0.294 e. The highest BCUT2D eigenvalue weighted by Crippen LogP contribution is 2.25. The number of ketones is 1. The Kier molecular flexibility index (Phi) is 2.92. The number of carbonyl (C=O) groups excluding carboxylic acids is 1. The van der Waals surface area contributed by atoms with Crippen molar-refractivity contribution in [3.8, 4) is 0 Å². The molecule has 0 atom stereocenters. The highest BCUT2D eigenvalue weighted by Gasteiger charge is 2.15. The van der Waals surface area contributed by atoms with E-state index in [4.69, 9.17) is 0 Å². The molecule has 1 aromatic rings. The van der Waals surface area contributed by atoms with Crippen LogP contribution in [0.1, 0.15) is 35.2 Å². The van der Waals surface area contributed by atoms with Gasteiger partial charge in [-0.05, 0) is 43.2 Å². The van der Waals surface area contributed by atoms with Gasteiger partial charge in [-0.25, -0.2) is 0 Å². The Labute approximate surface area is 88.9 Å². The largest absolute Gasteiger partial charge is 0.294 e. The van der Waals surface area contributed by atoms with E-state index in [9.17, 15) is 4.79 Å². The lowest BCUT2D eigenvalue weighted by molar-refractivity contribution is 0.0982. The van der Waals surface area contributed by atoms with Gasteiger partial charge in [0.25, 0.3) is 0 Å². The van der Waals surface area contributed by atoms with Crippen LogP contribution in [0.25, 0.3) is 0 Å². The van der Waals surface area contributed by atoms with Gasteiger partial charge >= 0.3 is 0 Å². The number of benzene rings is 1. The Morgan fingerprint density at radius 2 is 2.00 bits per heavy atom. The summed E-state index contributed by atoms with van der Waals surface area (Å²) in [6.45, 7) is 0. The predicted octanol–water partition coefficient (Wildman–Crippen LogP) is 3.32. The fourth-order valence-corrected chi connectivity index (χ4v) is 2.34. The third-order valence-corrected chi connectivity index (χ3v) is 3.44. The number of thioether (sulfide) groups is 1. The highest BCUT2D eigenvalue weighted by molar-refractivity contribution is 7.98. The van der Waals surface area contributed by atoms with Gasteiger partial charge in [0.1, 0.15) is 0 Å². The standard InChI is InChI=1S/C12H14OS/c1-14-10-7-6-9-4-2-3-5-12(13)11(9)8-10/h6-8H,2-5H2,1H3. The van der Waals surface area contributed by atoms with Crippen LogP contribution in [0.3, 0.4) is 0 Å². The zero-order valence-electron chi connectivity index (χ0n) is 8.38. The number of rotatable bonds is 1. The van der Waals surface area contributed by atoms with Gasteiger partial charge in [-0.15, -0.1) is 11.8 Å². The molecule has 14 heavy (non-hydrogen) atoms. The molecule has 2 rings (SSSR count). The summed E-state index contributed by atoms with van der Waals surface area (Å²) in [5, 5.41) is 0. The molecule has 0 heterocycles. The van der Waals surface area contributed by atoms with E-state index in [1.807, 2.05) is 12.3 Å². The first kappa shape index (κ1) is 9.78. The quantitative estimate of drug-likeness (QED) is 0.518. The molecular formula is C12H14OS. The summed E-state index contributed by atoms with van der Waals surface area (Å²) in [4.78, 5) is 13.0.